The monoisotopic (exact) mass is 603 g/mol. The van der Waals surface area contributed by atoms with E-state index >= 15 is 0 Å². The average Bonchev–Trinajstić information content (AvgIpc) is 2.95. The lowest BCUT2D eigenvalue weighted by Crippen LogP contribution is -2.27. The van der Waals surface area contributed by atoms with Crippen molar-refractivity contribution in [2.75, 3.05) is 26.4 Å². The minimum atomic E-state index is -4.39. The molecule has 0 saturated carbocycles. The molecular weight excluding hydrogens is 545 g/mol. The summed E-state index contributed by atoms with van der Waals surface area (Å²) < 4.78 is 26.5. The van der Waals surface area contributed by atoms with Gasteiger partial charge in [0.2, 0.25) is 5.91 Å². The summed E-state index contributed by atoms with van der Waals surface area (Å²) in [6.45, 7) is 3.38. The zero-order valence-corrected chi connectivity index (χ0v) is 26.6. The van der Waals surface area contributed by atoms with Gasteiger partial charge in [-0.2, -0.15) is 0 Å². The third kappa shape index (κ3) is 29.8. The number of ether oxygens (including phenoxy) is 1. The predicted octanol–water partition coefficient (Wildman–Crippen LogP) is 7.31. The zero-order valence-electron chi connectivity index (χ0n) is 25.7. The third-order valence-electron chi connectivity index (χ3n) is 6.38. The molecule has 0 bridgehead atoms. The summed E-state index contributed by atoms with van der Waals surface area (Å²) in [6.07, 6.45) is 25.7. The fourth-order valence-electron chi connectivity index (χ4n) is 3.94. The first-order valence-electron chi connectivity index (χ1n) is 15.8. The summed E-state index contributed by atoms with van der Waals surface area (Å²) in [5.41, 5.74) is 0. The Morgan fingerprint density at radius 3 is 2.00 bits per heavy atom. The maximum Gasteiger partial charge on any atom is 0.472 e. The first-order chi connectivity index (χ1) is 19.8. The van der Waals surface area contributed by atoms with Crippen molar-refractivity contribution in [3.05, 3.63) is 24.3 Å². The van der Waals surface area contributed by atoms with Gasteiger partial charge in [-0.1, -0.05) is 95.9 Å². The van der Waals surface area contributed by atoms with Gasteiger partial charge in [0.05, 0.1) is 13.2 Å². The Bertz CT molecular complexity index is 744. The SMILES string of the molecule is CCCCC/C=C\C/C=C\CCCCCCCC(=O)OCC(O)COP(=O)(O)OCCNC(=O)CCCCCCC. The lowest BCUT2D eigenvalue weighted by atomic mass is 10.1. The van der Waals surface area contributed by atoms with Crippen molar-refractivity contribution in [2.45, 2.75) is 136 Å². The van der Waals surface area contributed by atoms with Crippen molar-refractivity contribution in [1.82, 2.24) is 5.32 Å². The summed E-state index contributed by atoms with van der Waals surface area (Å²) in [6, 6.07) is 0. The van der Waals surface area contributed by atoms with E-state index in [0.717, 1.165) is 77.0 Å². The van der Waals surface area contributed by atoms with Gasteiger partial charge in [-0.05, 0) is 44.9 Å². The highest BCUT2D eigenvalue weighted by atomic mass is 31.2. The number of phosphoric acid groups is 1. The van der Waals surface area contributed by atoms with Crippen LogP contribution in [0.25, 0.3) is 0 Å². The second-order valence-corrected chi connectivity index (χ2v) is 11.9. The summed E-state index contributed by atoms with van der Waals surface area (Å²) in [5, 5.41) is 12.5. The molecule has 0 aliphatic carbocycles. The molecule has 41 heavy (non-hydrogen) atoms. The molecule has 0 saturated heterocycles. The van der Waals surface area contributed by atoms with E-state index in [0.29, 0.717) is 6.42 Å². The van der Waals surface area contributed by atoms with Gasteiger partial charge in [-0.25, -0.2) is 4.57 Å². The van der Waals surface area contributed by atoms with Crippen LogP contribution in [-0.4, -0.2) is 54.3 Å². The number of phosphoric ester groups is 1. The summed E-state index contributed by atoms with van der Waals surface area (Å²) in [4.78, 5) is 33.3. The van der Waals surface area contributed by atoms with E-state index in [-0.39, 0.29) is 32.1 Å². The molecule has 240 valence electrons. The number of hydrogen-bond acceptors (Lipinski definition) is 7. The van der Waals surface area contributed by atoms with Gasteiger partial charge >= 0.3 is 13.8 Å². The van der Waals surface area contributed by atoms with Crippen LogP contribution in [0.5, 0.6) is 0 Å². The first kappa shape index (κ1) is 39.5. The van der Waals surface area contributed by atoms with Crippen LogP contribution in [-0.2, 0) is 27.9 Å². The molecule has 3 N–H and O–H groups in total. The Balaban J connectivity index is 3.68. The van der Waals surface area contributed by atoms with Crippen LogP contribution in [0.1, 0.15) is 129 Å². The number of aliphatic hydroxyl groups is 1. The highest BCUT2D eigenvalue weighted by Crippen LogP contribution is 2.42. The summed E-state index contributed by atoms with van der Waals surface area (Å²) in [5.74, 6) is -0.546. The molecule has 0 aromatic rings. The first-order valence-corrected chi connectivity index (χ1v) is 17.3. The maximum atomic E-state index is 11.9. The fraction of sp³-hybridized carbons (Fsp3) is 0.806. The van der Waals surface area contributed by atoms with Crippen molar-refractivity contribution in [3.8, 4) is 0 Å². The van der Waals surface area contributed by atoms with Crippen LogP contribution < -0.4 is 5.32 Å². The highest BCUT2D eigenvalue weighted by Gasteiger charge is 2.23. The number of carbonyl (C=O) groups excluding carboxylic acids is 2. The van der Waals surface area contributed by atoms with Gasteiger partial charge in [0.15, 0.2) is 0 Å². The van der Waals surface area contributed by atoms with E-state index in [2.05, 4.69) is 43.5 Å². The number of unbranched alkanes of at least 4 members (excludes halogenated alkanes) is 12. The van der Waals surface area contributed by atoms with E-state index in [1.54, 1.807) is 0 Å². The summed E-state index contributed by atoms with van der Waals surface area (Å²) in [7, 11) is -4.39. The molecule has 0 aliphatic heterocycles. The van der Waals surface area contributed by atoms with Crippen LogP contribution in [0.3, 0.4) is 0 Å². The van der Waals surface area contributed by atoms with E-state index in [1.165, 1.54) is 25.7 Å². The van der Waals surface area contributed by atoms with Crippen LogP contribution in [0.2, 0.25) is 0 Å². The van der Waals surface area contributed by atoms with Gasteiger partial charge in [-0.3, -0.25) is 18.6 Å². The van der Waals surface area contributed by atoms with E-state index in [1.807, 2.05) is 0 Å². The topological polar surface area (TPSA) is 131 Å². The average molecular weight is 604 g/mol. The second kappa shape index (κ2) is 28.6. The molecule has 2 atom stereocenters. The molecule has 1 amide bonds. The highest BCUT2D eigenvalue weighted by molar-refractivity contribution is 7.47. The van der Waals surface area contributed by atoms with Gasteiger partial charge in [0, 0.05) is 19.4 Å². The van der Waals surface area contributed by atoms with Gasteiger partial charge < -0.3 is 20.1 Å². The number of esters is 1. The minimum absolute atomic E-state index is 0.0794. The normalized spacial score (nSPS) is 14.0. The van der Waals surface area contributed by atoms with E-state index in [9.17, 15) is 24.2 Å². The summed E-state index contributed by atoms with van der Waals surface area (Å²) >= 11 is 0. The second-order valence-electron chi connectivity index (χ2n) is 10.4. The minimum Gasteiger partial charge on any atom is -0.463 e. The van der Waals surface area contributed by atoms with E-state index in [4.69, 9.17) is 13.8 Å². The number of carbonyl (C=O) groups is 2. The van der Waals surface area contributed by atoms with Crippen molar-refractivity contribution in [1.29, 1.82) is 0 Å². The van der Waals surface area contributed by atoms with Crippen molar-refractivity contribution >= 4 is 19.7 Å². The standard InChI is InChI=1S/C31H58NO8P/c1-3-5-7-9-10-11-12-13-14-15-16-17-18-20-22-24-31(35)38-27-29(33)28-40-41(36,37)39-26-25-32-30(34)23-21-19-8-6-4-2/h10-11,13-14,29,33H,3-9,12,15-28H2,1-2H3,(H,32,34)(H,36,37)/b11-10-,14-13-. The lowest BCUT2D eigenvalue weighted by molar-refractivity contribution is -0.147. The number of hydrogen-bond donors (Lipinski definition) is 3. The Hall–Kier alpha value is -1.51. The molecule has 0 aliphatic rings. The van der Waals surface area contributed by atoms with Gasteiger partial charge in [0.25, 0.3) is 0 Å². The number of amides is 1. The Labute approximate surface area is 249 Å². The van der Waals surface area contributed by atoms with Crippen LogP contribution >= 0.6 is 7.82 Å². The Morgan fingerprint density at radius 2 is 1.32 bits per heavy atom. The largest absolute Gasteiger partial charge is 0.472 e. The van der Waals surface area contributed by atoms with Gasteiger partial charge in [0.1, 0.15) is 12.7 Å². The number of allylic oxidation sites excluding steroid dienone is 4. The fourth-order valence-corrected chi connectivity index (χ4v) is 4.69. The maximum absolute atomic E-state index is 11.9. The molecule has 0 fully saturated rings. The molecule has 0 aromatic heterocycles. The molecule has 0 radical (unpaired) electrons. The molecule has 0 heterocycles. The zero-order chi connectivity index (χ0) is 30.4. The molecular formula is C31H58NO8P. The molecule has 2 unspecified atom stereocenters. The van der Waals surface area contributed by atoms with Crippen molar-refractivity contribution < 1.29 is 37.9 Å². The molecule has 0 rings (SSSR count). The molecule has 0 aromatic carbocycles. The van der Waals surface area contributed by atoms with Crippen molar-refractivity contribution in [3.63, 3.8) is 0 Å². The Morgan fingerprint density at radius 1 is 0.756 bits per heavy atom. The smallest absolute Gasteiger partial charge is 0.463 e. The molecule has 9 nitrogen and oxygen atoms in total. The number of nitrogens with one attached hydrogen (secondary N) is 1. The predicted molar refractivity (Wildman–Crippen MR) is 164 cm³/mol. The van der Waals surface area contributed by atoms with Crippen LogP contribution in [0.15, 0.2) is 24.3 Å². The molecule has 0 spiro atoms. The van der Waals surface area contributed by atoms with Crippen LogP contribution in [0, 0.1) is 0 Å². The molecule has 10 heteroatoms. The van der Waals surface area contributed by atoms with E-state index < -0.39 is 26.5 Å². The number of aliphatic hydroxyl groups excluding tert-OH is 1. The number of rotatable bonds is 29. The van der Waals surface area contributed by atoms with Crippen LogP contribution in [0.4, 0.5) is 0 Å². The lowest BCUT2D eigenvalue weighted by Gasteiger charge is -2.15. The van der Waals surface area contributed by atoms with Gasteiger partial charge in [-0.15, -0.1) is 0 Å². The quantitative estimate of drug-likeness (QED) is 0.0351. The van der Waals surface area contributed by atoms with Crippen molar-refractivity contribution in [2.24, 2.45) is 0 Å². The Kier molecular flexibility index (Phi) is 27.5. The third-order valence-corrected chi connectivity index (χ3v) is 7.37.